The fraction of sp³-hybridized carbons (Fsp3) is 0.250. The van der Waals surface area contributed by atoms with Crippen molar-refractivity contribution in [3.8, 4) is 0 Å². The Morgan fingerprint density at radius 1 is 1.62 bits per heavy atom. The van der Waals surface area contributed by atoms with Crippen molar-refractivity contribution < 1.29 is 4.92 Å². The molecule has 0 aromatic carbocycles. The van der Waals surface area contributed by atoms with Crippen molar-refractivity contribution in [1.29, 1.82) is 5.41 Å². The van der Waals surface area contributed by atoms with Crippen molar-refractivity contribution in [2.45, 2.75) is 6.42 Å². The SMILES string of the molecule is N=C(N)CCNc1ccc([N+](=O)[O-])c(N)n1. The van der Waals surface area contributed by atoms with Crippen molar-refractivity contribution in [3.05, 3.63) is 22.2 Å². The van der Waals surface area contributed by atoms with Crippen LogP contribution in [-0.4, -0.2) is 22.3 Å². The third-order valence-corrected chi connectivity index (χ3v) is 1.80. The molecule has 0 aliphatic heterocycles. The molecule has 0 aliphatic carbocycles. The summed E-state index contributed by atoms with van der Waals surface area (Å²) < 4.78 is 0. The molecule has 0 fully saturated rings. The second-order valence-electron chi connectivity index (χ2n) is 3.06. The Bertz CT molecular complexity index is 419. The molecule has 0 amide bonds. The van der Waals surface area contributed by atoms with Crippen molar-refractivity contribution in [1.82, 2.24) is 4.98 Å². The van der Waals surface area contributed by atoms with Crippen molar-refractivity contribution >= 4 is 23.2 Å². The summed E-state index contributed by atoms with van der Waals surface area (Å²) in [7, 11) is 0. The summed E-state index contributed by atoms with van der Waals surface area (Å²) in [4.78, 5) is 13.7. The van der Waals surface area contributed by atoms with Gasteiger partial charge in [0.25, 0.3) is 0 Å². The number of anilines is 2. The number of nitrogens with one attached hydrogen (secondary N) is 2. The summed E-state index contributed by atoms with van der Waals surface area (Å²) in [5, 5.41) is 20.3. The lowest BCUT2D eigenvalue weighted by Gasteiger charge is -2.05. The van der Waals surface area contributed by atoms with E-state index in [0.29, 0.717) is 18.8 Å². The Morgan fingerprint density at radius 3 is 2.81 bits per heavy atom. The number of nitrogens with two attached hydrogens (primary N) is 2. The number of pyridine rings is 1. The third kappa shape index (κ3) is 3.08. The van der Waals surface area contributed by atoms with Crippen LogP contribution in [0.2, 0.25) is 0 Å². The molecule has 6 N–H and O–H groups in total. The second kappa shape index (κ2) is 4.91. The number of hydrogen-bond acceptors (Lipinski definition) is 6. The Kier molecular flexibility index (Phi) is 3.59. The smallest absolute Gasteiger partial charge is 0.311 e. The van der Waals surface area contributed by atoms with Crippen LogP contribution in [0.25, 0.3) is 0 Å². The van der Waals surface area contributed by atoms with E-state index in [1.807, 2.05) is 0 Å². The molecule has 16 heavy (non-hydrogen) atoms. The summed E-state index contributed by atoms with van der Waals surface area (Å²) >= 11 is 0. The minimum absolute atomic E-state index is 0.0578. The van der Waals surface area contributed by atoms with Gasteiger partial charge in [0, 0.05) is 19.0 Å². The van der Waals surface area contributed by atoms with Crippen LogP contribution in [0.3, 0.4) is 0 Å². The lowest BCUT2D eigenvalue weighted by atomic mass is 10.3. The predicted molar refractivity (Wildman–Crippen MR) is 60.3 cm³/mol. The average Bonchev–Trinajstić information content (AvgIpc) is 2.16. The number of hydrogen-bond donors (Lipinski definition) is 4. The first-order chi connectivity index (χ1) is 7.50. The molecule has 0 bridgehead atoms. The van der Waals surface area contributed by atoms with Crippen LogP contribution in [0.5, 0.6) is 0 Å². The fourth-order valence-electron chi connectivity index (χ4n) is 1.05. The zero-order chi connectivity index (χ0) is 12.1. The van der Waals surface area contributed by atoms with E-state index < -0.39 is 4.92 Å². The van der Waals surface area contributed by atoms with Crippen molar-refractivity contribution in [2.24, 2.45) is 5.73 Å². The standard InChI is InChI=1S/C8H12N6O2/c9-6(10)3-4-12-7-2-1-5(14(15)16)8(11)13-7/h1-2H,3-4H2,(H3,9,10)(H3,11,12,13). The highest BCUT2D eigenvalue weighted by Crippen LogP contribution is 2.20. The Balaban J connectivity index is 2.66. The normalized spacial score (nSPS) is 9.75. The molecule has 0 atom stereocenters. The van der Waals surface area contributed by atoms with E-state index in [-0.39, 0.29) is 17.3 Å². The molecule has 86 valence electrons. The first kappa shape index (κ1) is 11.7. The maximum atomic E-state index is 10.5. The molecular formula is C8H12N6O2. The molecule has 8 heteroatoms. The maximum Gasteiger partial charge on any atom is 0.311 e. The molecule has 0 aliphatic rings. The monoisotopic (exact) mass is 224 g/mol. The molecule has 0 spiro atoms. The van der Waals surface area contributed by atoms with Crippen LogP contribution in [0, 0.1) is 15.5 Å². The van der Waals surface area contributed by atoms with E-state index in [9.17, 15) is 10.1 Å². The third-order valence-electron chi connectivity index (χ3n) is 1.80. The van der Waals surface area contributed by atoms with Gasteiger partial charge in [-0.3, -0.25) is 15.5 Å². The quantitative estimate of drug-likeness (QED) is 0.245. The molecule has 1 rings (SSSR count). The molecule has 0 saturated carbocycles. The molecule has 8 nitrogen and oxygen atoms in total. The highest BCUT2D eigenvalue weighted by Gasteiger charge is 2.12. The van der Waals surface area contributed by atoms with Crippen LogP contribution >= 0.6 is 0 Å². The number of aromatic nitrogens is 1. The first-order valence-electron chi connectivity index (χ1n) is 4.48. The van der Waals surface area contributed by atoms with E-state index >= 15 is 0 Å². The largest absolute Gasteiger partial charge is 0.388 e. The highest BCUT2D eigenvalue weighted by molar-refractivity contribution is 5.77. The lowest BCUT2D eigenvalue weighted by molar-refractivity contribution is -0.384. The lowest BCUT2D eigenvalue weighted by Crippen LogP contribution is -2.15. The number of nitrogen functional groups attached to an aromatic ring is 1. The molecule has 0 saturated heterocycles. The Hall–Kier alpha value is -2.38. The molecule has 1 heterocycles. The number of rotatable bonds is 5. The summed E-state index contributed by atoms with van der Waals surface area (Å²) in [5.74, 6) is 0.338. The van der Waals surface area contributed by atoms with Gasteiger partial charge < -0.3 is 16.8 Å². The van der Waals surface area contributed by atoms with Gasteiger partial charge in [-0.15, -0.1) is 0 Å². The summed E-state index contributed by atoms with van der Waals surface area (Å²) in [5.41, 5.74) is 10.3. The van der Waals surface area contributed by atoms with Crippen LogP contribution < -0.4 is 16.8 Å². The van der Waals surface area contributed by atoms with Crippen LogP contribution in [0.4, 0.5) is 17.3 Å². The molecule has 1 aromatic heterocycles. The topological polar surface area (TPSA) is 144 Å². The summed E-state index contributed by atoms with van der Waals surface area (Å²) in [6.45, 7) is 0.430. The zero-order valence-electron chi connectivity index (χ0n) is 8.43. The van der Waals surface area contributed by atoms with Gasteiger partial charge in [0.15, 0.2) is 0 Å². The van der Waals surface area contributed by atoms with E-state index in [1.165, 1.54) is 12.1 Å². The fourth-order valence-corrected chi connectivity index (χ4v) is 1.05. The first-order valence-corrected chi connectivity index (χ1v) is 4.48. The van der Waals surface area contributed by atoms with Gasteiger partial charge in [-0.1, -0.05) is 0 Å². The van der Waals surface area contributed by atoms with Gasteiger partial charge >= 0.3 is 5.69 Å². The Morgan fingerprint density at radius 2 is 2.31 bits per heavy atom. The van der Waals surface area contributed by atoms with E-state index in [2.05, 4.69) is 10.3 Å². The Labute approximate surface area is 91.3 Å². The predicted octanol–water partition coefficient (Wildman–Crippen LogP) is 0.310. The minimum Gasteiger partial charge on any atom is -0.388 e. The second-order valence-corrected chi connectivity index (χ2v) is 3.06. The van der Waals surface area contributed by atoms with Crippen LogP contribution in [0.1, 0.15) is 6.42 Å². The van der Waals surface area contributed by atoms with Gasteiger partial charge in [0.05, 0.1) is 10.8 Å². The average molecular weight is 224 g/mol. The van der Waals surface area contributed by atoms with Crippen LogP contribution in [0.15, 0.2) is 12.1 Å². The van der Waals surface area contributed by atoms with Crippen LogP contribution in [-0.2, 0) is 0 Å². The van der Waals surface area contributed by atoms with E-state index in [0.717, 1.165) is 0 Å². The number of nitrogens with zero attached hydrogens (tertiary/aromatic N) is 2. The van der Waals surface area contributed by atoms with Gasteiger partial charge in [-0.05, 0) is 6.07 Å². The zero-order valence-corrected chi connectivity index (χ0v) is 8.43. The summed E-state index contributed by atoms with van der Waals surface area (Å²) in [6.07, 6.45) is 0.374. The van der Waals surface area contributed by atoms with E-state index in [4.69, 9.17) is 16.9 Å². The van der Waals surface area contributed by atoms with Gasteiger partial charge in [-0.25, -0.2) is 4.98 Å². The van der Waals surface area contributed by atoms with E-state index in [1.54, 1.807) is 0 Å². The minimum atomic E-state index is -0.596. The molecular weight excluding hydrogens is 212 g/mol. The highest BCUT2D eigenvalue weighted by atomic mass is 16.6. The summed E-state index contributed by atoms with van der Waals surface area (Å²) in [6, 6.07) is 2.73. The van der Waals surface area contributed by atoms with Gasteiger partial charge in [-0.2, -0.15) is 0 Å². The molecule has 0 unspecified atom stereocenters. The number of amidine groups is 1. The molecule has 1 aromatic rings. The number of nitro groups is 1. The van der Waals surface area contributed by atoms with Gasteiger partial charge in [0.1, 0.15) is 5.82 Å². The van der Waals surface area contributed by atoms with Gasteiger partial charge in [0.2, 0.25) is 5.82 Å². The van der Waals surface area contributed by atoms with Crippen molar-refractivity contribution in [2.75, 3.05) is 17.6 Å². The maximum absolute atomic E-state index is 10.5. The van der Waals surface area contributed by atoms with Crippen molar-refractivity contribution in [3.63, 3.8) is 0 Å². The molecule has 0 radical (unpaired) electrons.